The Morgan fingerprint density at radius 2 is 1.04 bits per heavy atom. The van der Waals surface area contributed by atoms with Crippen LogP contribution in [0.3, 0.4) is 0 Å². The molecule has 458 valence electrons. The average molecular weight is 1240 g/mol. The van der Waals surface area contributed by atoms with Crippen LogP contribution >= 0.6 is 11.6 Å². The maximum absolute atomic E-state index is 16.4. The summed E-state index contributed by atoms with van der Waals surface area (Å²) in [5.74, 6) is 2.02. The fourth-order valence-electron chi connectivity index (χ4n) is 11.5. The Hall–Kier alpha value is -10.2. The van der Waals surface area contributed by atoms with E-state index in [1.807, 2.05) is 46.8 Å². The molecule has 90 heavy (non-hydrogen) atoms. The molecule has 0 aliphatic heterocycles. The predicted octanol–water partition coefficient (Wildman–Crippen LogP) is 9.16. The van der Waals surface area contributed by atoms with E-state index in [-0.39, 0.29) is 77.2 Å². The van der Waals surface area contributed by atoms with Gasteiger partial charge in [0.2, 0.25) is 11.6 Å². The molecule has 3 aliphatic rings. The Morgan fingerprint density at radius 3 is 1.58 bits per heavy atom. The summed E-state index contributed by atoms with van der Waals surface area (Å²) in [5.41, 5.74) is 3.73. The summed E-state index contributed by atoms with van der Waals surface area (Å²) in [4.78, 5) is 25.4. The number of H-pyrrole nitrogens is 3. The molecule has 28 heteroatoms. The molecule has 12 rings (SSSR count). The summed E-state index contributed by atoms with van der Waals surface area (Å²) in [5, 5.41) is 62.1. The molecule has 3 saturated carbocycles. The second-order valence-electron chi connectivity index (χ2n) is 22.4. The van der Waals surface area contributed by atoms with E-state index in [0.717, 1.165) is 32.1 Å². The van der Waals surface area contributed by atoms with Crippen molar-refractivity contribution >= 4 is 46.5 Å². The van der Waals surface area contributed by atoms with Gasteiger partial charge in [-0.3, -0.25) is 15.7 Å². The fourth-order valence-corrected chi connectivity index (χ4v) is 11.7. The molecule has 9 N–H and O–H groups in total. The van der Waals surface area contributed by atoms with Gasteiger partial charge in [-0.25, -0.2) is 63.9 Å². The van der Waals surface area contributed by atoms with Crippen LogP contribution in [0.5, 0.6) is 17.2 Å². The first-order valence-electron chi connectivity index (χ1n) is 29.3. The number of benzene rings is 3. The molecule has 6 atom stereocenters. The quantitative estimate of drug-likeness (QED) is 0.0286. The zero-order chi connectivity index (χ0) is 62.4. The Labute approximate surface area is 519 Å². The lowest BCUT2D eigenvalue weighted by Crippen LogP contribution is -2.47. The lowest BCUT2D eigenvalue weighted by Gasteiger charge is -2.18. The maximum atomic E-state index is 16.4. The number of nitrogens with one attached hydrogen (secondary N) is 9. The molecule has 0 saturated heterocycles. The first-order valence-corrected chi connectivity index (χ1v) is 29.7. The molecule has 0 unspecified atom stereocenters. The maximum Gasteiger partial charge on any atom is 0.303 e. The minimum Gasteiger partial charge on any atom is -0.490 e. The monoisotopic (exact) mass is 1240 g/mol. The van der Waals surface area contributed by atoms with Crippen LogP contribution in [0.4, 0.5) is 48.1 Å². The average Bonchev–Trinajstić information content (AvgIpc) is 1.66. The SMILES string of the molecule is CN[C@@H]1CC[C@@H](Oc2ccc(C)c(F)c2-c2cc(Nc3cnc(C#N)cn3)[n+](CN[C@@H]3CC[C@@H](Oc4cc(F)c(C)cc4-c4cc(Nc5cnc(C#N)cn5)[n+](CN[C@@H]5CC[C@@H](Oc6ccc(Cl)c(F)c6-c6cc(Nc7cnc(C#N)cn7)n[nH]6)C5)[nH]4)C3)[nH]2)C1. The van der Waals surface area contributed by atoms with Crippen LogP contribution in [-0.4, -0.2) is 93.8 Å². The topological polar surface area (TPSA) is 317 Å². The van der Waals surface area contributed by atoms with Crippen LogP contribution in [0.2, 0.25) is 5.02 Å². The number of hydrogen-bond donors (Lipinski definition) is 9. The molecule has 0 amide bonds. The van der Waals surface area contributed by atoms with Crippen LogP contribution in [0.1, 0.15) is 86.0 Å². The van der Waals surface area contributed by atoms with Crippen LogP contribution < -0.4 is 55.5 Å². The summed E-state index contributed by atoms with van der Waals surface area (Å²) in [6, 6.07) is 21.2. The second-order valence-corrected chi connectivity index (χ2v) is 22.8. The normalized spacial score (nSPS) is 18.6. The van der Waals surface area contributed by atoms with Gasteiger partial charge in [0.25, 0.3) is 0 Å². The van der Waals surface area contributed by atoms with E-state index in [9.17, 15) is 10.5 Å². The van der Waals surface area contributed by atoms with Crippen molar-refractivity contribution in [1.29, 1.82) is 15.8 Å². The number of anilines is 6. The molecule has 3 aliphatic carbocycles. The van der Waals surface area contributed by atoms with E-state index in [0.29, 0.717) is 117 Å². The van der Waals surface area contributed by atoms with E-state index >= 15 is 13.2 Å². The molecule has 3 aromatic carbocycles. The van der Waals surface area contributed by atoms with Gasteiger partial charge in [0.15, 0.2) is 42.1 Å². The van der Waals surface area contributed by atoms with Gasteiger partial charge in [-0.05, 0) is 114 Å². The predicted molar refractivity (Wildman–Crippen MR) is 323 cm³/mol. The zero-order valence-electron chi connectivity index (χ0n) is 49.0. The van der Waals surface area contributed by atoms with Gasteiger partial charge in [-0.1, -0.05) is 17.7 Å². The largest absolute Gasteiger partial charge is 0.490 e. The van der Waals surface area contributed by atoms with Gasteiger partial charge >= 0.3 is 11.6 Å². The first-order chi connectivity index (χ1) is 43.8. The molecule has 24 nitrogen and oxygen atoms in total. The lowest BCUT2D eigenvalue weighted by molar-refractivity contribution is -0.741. The summed E-state index contributed by atoms with van der Waals surface area (Å²) in [7, 11) is 1.93. The molecule has 6 heterocycles. The van der Waals surface area contributed by atoms with Crippen molar-refractivity contribution in [3.05, 3.63) is 142 Å². The third-order valence-corrected chi connectivity index (χ3v) is 16.6. The highest BCUT2D eigenvalue weighted by molar-refractivity contribution is 6.31. The summed E-state index contributed by atoms with van der Waals surface area (Å²) in [6.45, 7) is 3.92. The molecule has 9 aromatic rings. The number of hydrogen-bond acceptors (Lipinski definition) is 19. The van der Waals surface area contributed by atoms with Crippen molar-refractivity contribution in [2.45, 2.75) is 121 Å². The number of halogens is 4. The molecule has 0 spiro atoms. The van der Waals surface area contributed by atoms with E-state index < -0.39 is 17.5 Å². The smallest absolute Gasteiger partial charge is 0.303 e. The molecule has 3 fully saturated rings. The number of aromatic amines is 3. The highest BCUT2D eigenvalue weighted by atomic mass is 35.5. The number of nitriles is 3. The number of ether oxygens (including phenoxy) is 3. The molecule has 0 radical (unpaired) electrons. The third-order valence-electron chi connectivity index (χ3n) is 16.3. The van der Waals surface area contributed by atoms with Gasteiger partial charge < -0.3 is 24.8 Å². The Morgan fingerprint density at radius 1 is 0.544 bits per heavy atom. The summed E-state index contributed by atoms with van der Waals surface area (Å²) in [6.07, 6.45) is 14.2. The first kappa shape index (κ1) is 60.1. The van der Waals surface area contributed by atoms with Crippen LogP contribution in [-0.2, 0) is 13.3 Å². The van der Waals surface area contributed by atoms with Gasteiger partial charge in [0.05, 0.1) is 82.5 Å². The highest BCUT2D eigenvalue weighted by Crippen LogP contribution is 2.41. The molecular weight excluding hydrogens is 1180 g/mol. The van der Waals surface area contributed by atoms with Crippen molar-refractivity contribution in [1.82, 2.24) is 66.2 Å². The van der Waals surface area contributed by atoms with Crippen molar-refractivity contribution in [2.24, 2.45) is 0 Å². The van der Waals surface area contributed by atoms with E-state index in [2.05, 4.69) is 82.2 Å². The number of aromatic nitrogens is 12. The minimum absolute atomic E-state index is 0.0428. The van der Waals surface area contributed by atoms with E-state index in [1.54, 1.807) is 44.2 Å². The van der Waals surface area contributed by atoms with Gasteiger partial charge in [0, 0.05) is 35.8 Å². The van der Waals surface area contributed by atoms with Crippen molar-refractivity contribution < 1.29 is 36.7 Å². The minimum atomic E-state index is -0.684. The zero-order valence-corrected chi connectivity index (χ0v) is 49.8. The van der Waals surface area contributed by atoms with Gasteiger partial charge in [-0.15, -0.1) is 9.36 Å². The van der Waals surface area contributed by atoms with Crippen molar-refractivity contribution in [3.8, 4) is 69.2 Å². The molecule has 0 bridgehead atoms. The standard InChI is InChI=1S/C62H59ClF3N21O3/c1-33-4-12-50(88-41-8-5-35(15-41)70-3)60(61(33)65)49-21-58(81-56-30-73-40(24-69)27-76-56)87(85-49)32-78-37-7-10-43(17-37)90-52-18-46(64)34(2)14-44(52)47-20-57(80-55-29-72-39(23-68)26-75-55)86(84-47)31-77-36-6-9-42(16-36)89-51-13-11-45(63)62(66)59(51)48-19-53(83-82-48)79-54-28-71-38(22-67)25-74-54/h4,11-14,18-21,25-30,35-37,41-43,70,77-78H,5-10,15-17,31-32H2,1-3H3,(H4,71,72,73,74,75,76,79,80,81,82,83,84,85)/p+2/t35-,36-,37-,41-,42-,43-/m1/s1. The highest BCUT2D eigenvalue weighted by Gasteiger charge is 2.33. The third kappa shape index (κ3) is 13.6. The van der Waals surface area contributed by atoms with Crippen molar-refractivity contribution in [2.75, 3.05) is 23.0 Å². The molecule has 6 aromatic heterocycles. The Kier molecular flexibility index (Phi) is 17.8. The van der Waals surface area contributed by atoms with Gasteiger partial charge in [0.1, 0.15) is 71.2 Å². The molecular formula is C62H61ClF3N21O3+2. The van der Waals surface area contributed by atoms with Crippen LogP contribution in [0.15, 0.2) is 91.8 Å². The van der Waals surface area contributed by atoms with E-state index in [1.165, 1.54) is 49.3 Å². The Balaban J connectivity index is 0.741. The van der Waals surface area contributed by atoms with Crippen LogP contribution in [0.25, 0.3) is 33.8 Å². The van der Waals surface area contributed by atoms with Crippen molar-refractivity contribution in [3.63, 3.8) is 0 Å². The summed E-state index contributed by atoms with van der Waals surface area (Å²) < 4.78 is 71.5. The Bertz CT molecular complexity index is 4200. The number of aryl methyl sites for hydroxylation is 2. The number of rotatable bonds is 22. The van der Waals surface area contributed by atoms with E-state index in [4.69, 9.17) is 31.1 Å². The fraction of sp³-hybridized carbons (Fsp3) is 0.323. The summed E-state index contributed by atoms with van der Waals surface area (Å²) >= 11 is 6.31. The second kappa shape index (κ2) is 26.6. The lowest BCUT2D eigenvalue weighted by atomic mass is 10.1. The number of nitrogens with zero attached hydrogens (tertiary/aromatic N) is 12. The van der Waals surface area contributed by atoms with Crippen LogP contribution in [0, 0.1) is 65.3 Å². The van der Waals surface area contributed by atoms with Gasteiger partial charge in [-0.2, -0.15) is 20.9 Å².